The number of carbonyl (C=O) groups excluding carboxylic acids is 3. The minimum Gasteiger partial charge on any atom is -0.465 e. The molecule has 0 atom stereocenters. The van der Waals surface area contributed by atoms with E-state index in [1.165, 1.54) is 49.5 Å². The summed E-state index contributed by atoms with van der Waals surface area (Å²) in [5.41, 5.74) is 1.34. The molecular formula is C20H25N3O4S2. The molecule has 7 nitrogen and oxygen atoms in total. The summed E-state index contributed by atoms with van der Waals surface area (Å²) in [7, 11) is 3.17. The monoisotopic (exact) mass is 435 g/mol. The van der Waals surface area contributed by atoms with Gasteiger partial charge in [0.2, 0.25) is 5.91 Å². The quantitative estimate of drug-likeness (QED) is 0.705. The zero-order valence-electron chi connectivity index (χ0n) is 16.6. The zero-order valence-corrected chi connectivity index (χ0v) is 18.2. The van der Waals surface area contributed by atoms with Crippen molar-refractivity contribution in [1.82, 2.24) is 9.88 Å². The molecule has 0 saturated heterocycles. The van der Waals surface area contributed by atoms with Gasteiger partial charge in [0.1, 0.15) is 0 Å². The van der Waals surface area contributed by atoms with Crippen LogP contribution in [0.25, 0.3) is 10.2 Å². The summed E-state index contributed by atoms with van der Waals surface area (Å²) in [4.78, 5) is 40.7. The Morgan fingerprint density at radius 3 is 2.72 bits per heavy atom. The van der Waals surface area contributed by atoms with Crippen molar-refractivity contribution in [3.05, 3.63) is 28.6 Å². The SMILES string of the molecule is COC(=O)c1ccc2c(c1)sc(=NC(=O)CSCC(=O)NC1CCCCC1)n2C. The number of hydrogen-bond donors (Lipinski definition) is 1. The molecule has 0 spiro atoms. The van der Waals surface area contributed by atoms with Gasteiger partial charge in [-0.05, 0) is 31.0 Å². The number of esters is 1. The summed E-state index contributed by atoms with van der Waals surface area (Å²) in [6, 6.07) is 5.52. The van der Waals surface area contributed by atoms with Crippen LogP contribution in [0.1, 0.15) is 42.5 Å². The van der Waals surface area contributed by atoms with Crippen LogP contribution in [0.2, 0.25) is 0 Å². The topological polar surface area (TPSA) is 89.8 Å². The molecule has 3 rings (SSSR count). The van der Waals surface area contributed by atoms with Crippen molar-refractivity contribution in [1.29, 1.82) is 0 Å². The van der Waals surface area contributed by atoms with Crippen LogP contribution >= 0.6 is 23.1 Å². The third kappa shape index (κ3) is 5.70. The van der Waals surface area contributed by atoms with Gasteiger partial charge in [0.05, 0.1) is 34.4 Å². The van der Waals surface area contributed by atoms with Crippen LogP contribution in [0.3, 0.4) is 0 Å². The number of aryl methyl sites for hydroxylation is 1. The summed E-state index contributed by atoms with van der Waals surface area (Å²) in [6.45, 7) is 0. The number of carbonyl (C=O) groups is 3. The van der Waals surface area contributed by atoms with Gasteiger partial charge >= 0.3 is 5.97 Å². The number of nitrogens with zero attached hydrogens (tertiary/aromatic N) is 2. The second kappa shape index (κ2) is 10.1. The smallest absolute Gasteiger partial charge is 0.337 e. The van der Waals surface area contributed by atoms with Crippen molar-refractivity contribution in [3.8, 4) is 0 Å². The van der Waals surface area contributed by atoms with Gasteiger partial charge in [-0.2, -0.15) is 4.99 Å². The average Bonchev–Trinajstić information content (AvgIpc) is 3.02. The average molecular weight is 436 g/mol. The molecule has 0 unspecified atom stereocenters. The summed E-state index contributed by atoms with van der Waals surface area (Å²) in [5, 5.41) is 3.05. The Labute approximate surface area is 177 Å². The lowest BCUT2D eigenvalue weighted by Crippen LogP contribution is -2.37. The van der Waals surface area contributed by atoms with E-state index >= 15 is 0 Å². The number of nitrogens with one attached hydrogen (secondary N) is 1. The van der Waals surface area contributed by atoms with Gasteiger partial charge in [0, 0.05) is 13.1 Å². The van der Waals surface area contributed by atoms with Crippen LogP contribution in [0.15, 0.2) is 23.2 Å². The molecule has 1 aromatic heterocycles. The molecule has 1 aromatic carbocycles. The van der Waals surface area contributed by atoms with Gasteiger partial charge < -0.3 is 14.6 Å². The second-order valence-corrected chi connectivity index (χ2v) is 9.01. The molecule has 156 valence electrons. The highest BCUT2D eigenvalue weighted by Gasteiger charge is 2.16. The Kier molecular flexibility index (Phi) is 7.49. The number of ether oxygens (including phenoxy) is 1. The van der Waals surface area contributed by atoms with Crippen LogP contribution in [0, 0.1) is 0 Å². The van der Waals surface area contributed by atoms with Gasteiger partial charge in [-0.25, -0.2) is 4.79 Å². The molecule has 9 heteroatoms. The lowest BCUT2D eigenvalue weighted by Gasteiger charge is -2.22. The molecule has 29 heavy (non-hydrogen) atoms. The van der Waals surface area contributed by atoms with E-state index in [0.717, 1.165) is 23.1 Å². The number of amides is 2. The summed E-state index contributed by atoms with van der Waals surface area (Å²) < 4.78 is 7.41. The van der Waals surface area contributed by atoms with Gasteiger partial charge in [-0.3, -0.25) is 9.59 Å². The molecule has 0 bridgehead atoms. The minimum atomic E-state index is -0.402. The molecule has 1 saturated carbocycles. The van der Waals surface area contributed by atoms with Gasteiger partial charge in [0.25, 0.3) is 5.91 Å². The maximum absolute atomic E-state index is 12.2. The van der Waals surface area contributed by atoms with E-state index in [9.17, 15) is 14.4 Å². The first kappa shape index (κ1) is 21.6. The van der Waals surface area contributed by atoms with E-state index in [-0.39, 0.29) is 29.4 Å². The molecule has 2 aromatic rings. The van der Waals surface area contributed by atoms with E-state index in [0.29, 0.717) is 10.4 Å². The number of methoxy groups -OCH3 is 1. The first-order valence-electron chi connectivity index (χ1n) is 9.60. The fourth-order valence-electron chi connectivity index (χ4n) is 3.37. The number of aromatic nitrogens is 1. The van der Waals surface area contributed by atoms with E-state index < -0.39 is 5.97 Å². The summed E-state index contributed by atoms with van der Waals surface area (Å²) in [6.07, 6.45) is 5.68. The first-order chi connectivity index (χ1) is 14.0. The molecule has 0 aliphatic heterocycles. The molecule has 1 fully saturated rings. The van der Waals surface area contributed by atoms with E-state index in [4.69, 9.17) is 4.74 Å². The van der Waals surface area contributed by atoms with Crippen molar-refractivity contribution in [2.75, 3.05) is 18.6 Å². The number of thioether (sulfide) groups is 1. The second-order valence-electron chi connectivity index (χ2n) is 7.02. The van der Waals surface area contributed by atoms with E-state index in [2.05, 4.69) is 10.3 Å². The van der Waals surface area contributed by atoms with Gasteiger partial charge in [-0.1, -0.05) is 30.6 Å². The maximum Gasteiger partial charge on any atom is 0.337 e. The Morgan fingerprint density at radius 2 is 2.00 bits per heavy atom. The molecule has 2 amide bonds. The Hall–Kier alpha value is -2.13. The normalized spacial score (nSPS) is 15.4. The maximum atomic E-state index is 12.2. The number of hydrogen-bond acceptors (Lipinski definition) is 6. The van der Waals surface area contributed by atoms with Gasteiger partial charge in [0.15, 0.2) is 4.80 Å². The molecule has 0 radical (unpaired) electrons. The van der Waals surface area contributed by atoms with Crippen molar-refractivity contribution in [3.63, 3.8) is 0 Å². The number of thiazole rings is 1. The lowest BCUT2D eigenvalue weighted by atomic mass is 9.95. The molecule has 1 N–H and O–H groups in total. The van der Waals surface area contributed by atoms with Crippen molar-refractivity contribution in [2.24, 2.45) is 12.0 Å². The van der Waals surface area contributed by atoms with Crippen LogP contribution in [0.5, 0.6) is 0 Å². The predicted molar refractivity (Wildman–Crippen MR) is 115 cm³/mol. The molecular weight excluding hydrogens is 410 g/mol. The van der Waals surface area contributed by atoms with Crippen molar-refractivity contribution < 1.29 is 19.1 Å². The Morgan fingerprint density at radius 1 is 1.24 bits per heavy atom. The fraction of sp³-hybridized carbons (Fsp3) is 0.500. The predicted octanol–water partition coefficient (Wildman–Crippen LogP) is 2.64. The van der Waals surface area contributed by atoms with Crippen LogP contribution < -0.4 is 10.1 Å². The fourth-order valence-corrected chi connectivity index (χ4v) is 5.06. The number of benzene rings is 1. The Balaban J connectivity index is 1.58. The van der Waals surface area contributed by atoms with Crippen molar-refractivity contribution in [2.45, 2.75) is 38.1 Å². The highest BCUT2D eigenvalue weighted by atomic mass is 32.2. The third-order valence-electron chi connectivity index (χ3n) is 4.88. The molecule has 1 aliphatic rings. The van der Waals surface area contributed by atoms with Gasteiger partial charge in [-0.15, -0.1) is 11.8 Å². The number of rotatable bonds is 6. The lowest BCUT2D eigenvalue weighted by molar-refractivity contribution is -0.119. The minimum absolute atomic E-state index is 0.0162. The third-order valence-corrected chi connectivity index (χ3v) is 6.89. The van der Waals surface area contributed by atoms with Crippen LogP contribution in [-0.4, -0.2) is 47.0 Å². The summed E-state index contributed by atoms with van der Waals surface area (Å²) >= 11 is 2.61. The van der Waals surface area contributed by atoms with Crippen LogP contribution in [0.4, 0.5) is 0 Å². The zero-order chi connectivity index (χ0) is 20.8. The summed E-state index contributed by atoms with van der Waals surface area (Å²) in [5.74, 6) is -0.285. The highest BCUT2D eigenvalue weighted by Crippen LogP contribution is 2.19. The molecule has 1 aliphatic carbocycles. The molecule has 1 heterocycles. The number of fused-ring (bicyclic) bond motifs is 1. The van der Waals surface area contributed by atoms with E-state index in [1.807, 2.05) is 17.7 Å². The largest absolute Gasteiger partial charge is 0.465 e. The first-order valence-corrected chi connectivity index (χ1v) is 11.6. The van der Waals surface area contributed by atoms with Crippen molar-refractivity contribution >= 4 is 51.1 Å². The van der Waals surface area contributed by atoms with E-state index in [1.54, 1.807) is 12.1 Å². The Bertz CT molecular complexity index is 974. The standard InChI is InChI=1S/C20H25N3O4S2/c1-23-15-9-8-13(19(26)27-2)10-16(15)29-20(23)22-18(25)12-28-11-17(24)21-14-6-4-3-5-7-14/h8-10,14H,3-7,11-12H2,1-2H3,(H,21,24). The highest BCUT2D eigenvalue weighted by molar-refractivity contribution is 8.00. The van der Waals surface area contributed by atoms with Crippen LogP contribution in [-0.2, 0) is 21.4 Å².